The Morgan fingerprint density at radius 1 is 1.50 bits per heavy atom. The van der Waals surface area contributed by atoms with E-state index in [0.29, 0.717) is 43.7 Å². The fourth-order valence-electron chi connectivity index (χ4n) is 2.49. The molecule has 1 N–H and O–H groups in total. The summed E-state index contributed by atoms with van der Waals surface area (Å²) in [5, 5.41) is 9.27. The molecule has 0 saturated carbocycles. The van der Waals surface area contributed by atoms with Gasteiger partial charge in [0.15, 0.2) is 0 Å². The molecule has 1 amide bonds. The molecule has 1 saturated heterocycles. The van der Waals surface area contributed by atoms with Crippen LogP contribution in [-0.4, -0.2) is 42.4 Å². The largest absolute Gasteiger partial charge is 0.465 e. The van der Waals surface area contributed by atoms with Gasteiger partial charge in [0.2, 0.25) is 0 Å². The van der Waals surface area contributed by atoms with Crippen LogP contribution < -0.4 is 0 Å². The summed E-state index contributed by atoms with van der Waals surface area (Å²) >= 11 is 5.97. The first kappa shape index (κ1) is 17.0. The number of rotatable bonds is 6. The molecule has 0 radical (unpaired) electrons. The number of benzene rings is 1. The Balaban J connectivity index is 1.73. The number of hydrogen-bond acceptors (Lipinski definition) is 2. The highest BCUT2D eigenvalue weighted by molar-refractivity contribution is 6.31. The molecule has 0 aliphatic carbocycles. The van der Waals surface area contributed by atoms with E-state index in [-0.39, 0.29) is 11.2 Å². The van der Waals surface area contributed by atoms with E-state index in [4.69, 9.17) is 21.4 Å². The number of ether oxygens (including phenoxy) is 1. The van der Waals surface area contributed by atoms with Crippen LogP contribution in [0.4, 0.5) is 9.18 Å². The fourth-order valence-corrected chi connectivity index (χ4v) is 2.75. The minimum Gasteiger partial charge on any atom is -0.465 e. The van der Waals surface area contributed by atoms with Crippen molar-refractivity contribution in [1.82, 2.24) is 4.90 Å². The van der Waals surface area contributed by atoms with Crippen molar-refractivity contribution >= 4 is 17.7 Å². The van der Waals surface area contributed by atoms with Crippen LogP contribution in [-0.2, 0) is 11.2 Å². The zero-order chi connectivity index (χ0) is 16.3. The Labute approximate surface area is 134 Å². The number of carboxylic acid groups (broad SMARTS) is 1. The van der Waals surface area contributed by atoms with Crippen LogP contribution in [0.25, 0.3) is 0 Å². The second kappa shape index (κ2) is 6.84. The van der Waals surface area contributed by atoms with Crippen LogP contribution in [0.1, 0.15) is 19.4 Å². The molecule has 1 aliphatic heterocycles. The summed E-state index contributed by atoms with van der Waals surface area (Å²) in [4.78, 5) is 12.2. The summed E-state index contributed by atoms with van der Waals surface area (Å²) in [5.74, 6) is -0.0261. The van der Waals surface area contributed by atoms with Gasteiger partial charge in [-0.2, -0.15) is 0 Å². The van der Waals surface area contributed by atoms with E-state index in [1.807, 2.05) is 0 Å². The van der Waals surface area contributed by atoms with E-state index >= 15 is 0 Å². The van der Waals surface area contributed by atoms with Gasteiger partial charge in [0.05, 0.1) is 13.2 Å². The highest BCUT2D eigenvalue weighted by atomic mass is 35.5. The quantitative estimate of drug-likeness (QED) is 0.810. The number of halogens is 2. The minimum atomic E-state index is -0.862. The molecule has 122 valence electrons. The molecule has 1 fully saturated rings. The van der Waals surface area contributed by atoms with Gasteiger partial charge in [-0.3, -0.25) is 0 Å². The molecule has 0 spiro atoms. The van der Waals surface area contributed by atoms with Crippen molar-refractivity contribution in [2.45, 2.75) is 20.3 Å². The van der Waals surface area contributed by atoms with Crippen molar-refractivity contribution < 1.29 is 19.0 Å². The maximum Gasteiger partial charge on any atom is 0.407 e. The third-order valence-electron chi connectivity index (χ3n) is 4.26. The summed E-state index contributed by atoms with van der Waals surface area (Å²) in [5.41, 5.74) is 0.792. The summed E-state index contributed by atoms with van der Waals surface area (Å²) in [6.07, 6.45) is -0.236. The first-order valence-corrected chi connectivity index (χ1v) is 7.67. The molecule has 6 heteroatoms. The summed E-state index contributed by atoms with van der Waals surface area (Å²) in [6.45, 7) is 6.36. The topological polar surface area (TPSA) is 49.8 Å². The summed E-state index contributed by atoms with van der Waals surface area (Å²) < 4.78 is 18.7. The molecule has 1 aromatic carbocycles. The number of amides is 1. The van der Waals surface area contributed by atoms with E-state index in [0.717, 1.165) is 5.56 Å². The van der Waals surface area contributed by atoms with Crippen LogP contribution in [0.15, 0.2) is 18.2 Å². The molecule has 0 bridgehead atoms. The molecule has 4 nitrogen and oxygen atoms in total. The highest BCUT2D eigenvalue weighted by Gasteiger charge is 2.40. The molecular weight excluding hydrogens is 309 g/mol. The number of nitrogens with zero attached hydrogens (tertiary/aromatic N) is 1. The van der Waals surface area contributed by atoms with Crippen molar-refractivity contribution in [2.75, 3.05) is 26.3 Å². The molecule has 0 aromatic heterocycles. The molecular formula is C16H21ClFNO3. The Morgan fingerprint density at radius 3 is 2.77 bits per heavy atom. The third-order valence-corrected chi connectivity index (χ3v) is 4.61. The monoisotopic (exact) mass is 329 g/mol. The lowest BCUT2D eigenvalue weighted by molar-refractivity contribution is -0.0301. The third kappa shape index (κ3) is 4.11. The van der Waals surface area contributed by atoms with Gasteiger partial charge in [-0.25, -0.2) is 9.18 Å². The van der Waals surface area contributed by atoms with Crippen LogP contribution in [0.5, 0.6) is 0 Å². The second-order valence-corrected chi connectivity index (χ2v) is 6.82. The standard InChI is InChI=1S/C16H21ClFNO3/c1-16(2,12-8-19(9-12)15(20)21)10-22-6-5-11-3-4-13(18)7-14(11)17/h3-4,7,12H,5-6,8-10H2,1-2H3,(H,20,21). The SMILES string of the molecule is CC(C)(COCCc1ccc(F)cc1Cl)C1CN(C(=O)O)C1. The van der Waals surface area contributed by atoms with Gasteiger partial charge in [-0.05, 0) is 29.5 Å². The Hall–Kier alpha value is -1.33. The minimum absolute atomic E-state index is 0.0709. The molecule has 2 rings (SSSR count). The maximum atomic E-state index is 13.0. The van der Waals surface area contributed by atoms with E-state index in [9.17, 15) is 9.18 Å². The normalized spacial score (nSPS) is 15.7. The maximum absolute atomic E-state index is 13.0. The van der Waals surface area contributed by atoms with Crippen LogP contribution in [0, 0.1) is 17.2 Å². The van der Waals surface area contributed by atoms with Crippen molar-refractivity contribution in [3.63, 3.8) is 0 Å². The Bertz CT molecular complexity index is 544. The van der Waals surface area contributed by atoms with Gasteiger partial charge in [0.25, 0.3) is 0 Å². The predicted molar refractivity (Wildman–Crippen MR) is 82.8 cm³/mol. The van der Waals surface area contributed by atoms with E-state index in [1.54, 1.807) is 6.07 Å². The average Bonchev–Trinajstić information content (AvgIpc) is 2.33. The van der Waals surface area contributed by atoms with E-state index in [2.05, 4.69) is 13.8 Å². The summed E-state index contributed by atoms with van der Waals surface area (Å²) in [7, 11) is 0. The van der Waals surface area contributed by atoms with Crippen molar-refractivity contribution in [1.29, 1.82) is 0 Å². The lowest BCUT2D eigenvalue weighted by Gasteiger charge is -2.46. The van der Waals surface area contributed by atoms with Crippen LogP contribution in [0.3, 0.4) is 0 Å². The molecule has 0 atom stereocenters. The number of carbonyl (C=O) groups is 1. The number of hydrogen-bond donors (Lipinski definition) is 1. The van der Waals surface area contributed by atoms with Crippen LogP contribution >= 0.6 is 11.6 Å². The van der Waals surface area contributed by atoms with E-state index in [1.165, 1.54) is 17.0 Å². The summed E-state index contributed by atoms with van der Waals surface area (Å²) in [6, 6.07) is 4.36. The Morgan fingerprint density at radius 2 is 2.18 bits per heavy atom. The molecule has 0 unspecified atom stereocenters. The molecule has 1 aromatic rings. The zero-order valence-corrected chi connectivity index (χ0v) is 13.6. The van der Waals surface area contributed by atoms with Gasteiger partial charge >= 0.3 is 6.09 Å². The highest BCUT2D eigenvalue weighted by Crippen LogP contribution is 2.34. The molecule has 1 heterocycles. The second-order valence-electron chi connectivity index (χ2n) is 6.41. The molecule has 1 aliphatic rings. The van der Waals surface area contributed by atoms with Gasteiger partial charge < -0.3 is 14.7 Å². The first-order chi connectivity index (χ1) is 10.3. The van der Waals surface area contributed by atoms with Gasteiger partial charge in [0.1, 0.15) is 5.82 Å². The fraction of sp³-hybridized carbons (Fsp3) is 0.562. The van der Waals surface area contributed by atoms with Crippen LogP contribution in [0.2, 0.25) is 5.02 Å². The lowest BCUT2D eigenvalue weighted by atomic mass is 9.75. The lowest BCUT2D eigenvalue weighted by Crippen LogP contribution is -2.55. The average molecular weight is 330 g/mol. The predicted octanol–water partition coefficient (Wildman–Crippen LogP) is 3.67. The smallest absolute Gasteiger partial charge is 0.407 e. The Kier molecular flexibility index (Phi) is 5.29. The van der Waals surface area contributed by atoms with Crippen molar-refractivity contribution in [3.8, 4) is 0 Å². The van der Waals surface area contributed by atoms with Crippen molar-refractivity contribution in [2.24, 2.45) is 11.3 Å². The van der Waals surface area contributed by atoms with Gasteiger partial charge in [-0.1, -0.05) is 31.5 Å². The van der Waals surface area contributed by atoms with Crippen molar-refractivity contribution in [3.05, 3.63) is 34.6 Å². The molecule has 22 heavy (non-hydrogen) atoms. The van der Waals surface area contributed by atoms with E-state index < -0.39 is 6.09 Å². The first-order valence-electron chi connectivity index (χ1n) is 7.29. The zero-order valence-electron chi connectivity index (χ0n) is 12.8. The van der Waals surface area contributed by atoms with Gasteiger partial charge in [-0.15, -0.1) is 0 Å². The number of likely N-dealkylation sites (tertiary alicyclic amines) is 1. The van der Waals surface area contributed by atoms with Gasteiger partial charge in [0, 0.05) is 24.0 Å².